The molecule has 0 saturated heterocycles. The summed E-state index contributed by atoms with van der Waals surface area (Å²) in [6, 6.07) is 10.3. The topological polar surface area (TPSA) is 133 Å². The van der Waals surface area contributed by atoms with Crippen LogP contribution in [0.4, 0.5) is 5.69 Å². The summed E-state index contributed by atoms with van der Waals surface area (Å²) in [5.74, 6) is -0.555. The van der Waals surface area contributed by atoms with Crippen molar-refractivity contribution in [1.29, 1.82) is 0 Å². The molecule has 0 saturated carbocycles. The van der Waals surface area contributed by atoms with Gasteiger partial charge in [0.1, 0.15) is 0 Å². The Labute approximate surface area is 145 Å². The van der Waals surface area contributed by atoms with Gasteiger partial charge in [0.25, 0.3) is 10.0 Å². The number of primary sulfonamides is 1. The Morgan fingerprint density at radius 2 is 1.68 bits per heavy atom. The summed E-state index contributed by atoms with van der Waals surface area (Å²) in [5, 5.41) is 5.02. The van der Waals surface area contributed by atoms with Gasteiger partial charge in [-0.1, -0.05) is 6.07 Å². The second kappa shape index (κ2) is 7.21. The predicted octanol–water partition coefficient (Wildman–Crippen LogP) is 1.31. The SMILES string of the molecule is CCOC(=O)c1ccc(S(=O)(=O)Nc2cccc(S(N)(=O)=O)c2)cc1. The van der Waals surface area contributed by atoms with Crippen molar-refractivity contribution < 1.29 is 26.4 Å². The van der Waals surface area contributed by atoms with Crippen LogP contribution in [0, 0.1) is 0 Å². The number of carbonyl (C=O) groups is 1. The lowest BCUT2D eigenvalue weighted by molar-refractivity contribution is 0.0526. The fourth-order valence-electron chi connectivity index (χ4n) is 1.94. The summed E-state index contributed by atoms with van der Waals surface area (Å²) < 4.78 is 54.5. The molecule has 0 spiro atoms. The maximum atomic E-state index is 12.4. The van der Waals surface area contributed by atoms with Gasteiger partial charge in [-0.2, -0.15) is 0 Å². The van der Waals surface area contributed by atoms with E-state index < -0.39 is 26.0 Å². The number of nitrogens with two attached hydrogens (primary N) is 1. The van der Waals surface area contributed by atoms with Crippen LogP contribution in [0.3, 0.4) is 0 Å². The van der Waals surface area contributed by atoms with E-state index in [9.17, 15) is 21.6 Å². The molecule has 0 fully saturated rings. The monoisotopic (exact) mass is 384 g/mol. The van der Waals surface area contributed by atoms with Gasteiger partial charge in [0.15, 0.2) is 0 Å². The number of anilines is 1. The van der Waals surface area contributed by atoms with Crippen molar-refractivity contribution in [3.8, 4) is 0 Å². The van der Waals surface area contributed by atoms with Gasteiger partial charge >= 0.3 is 5.97 Å². The number of benzene rings is 2. The van der Waals surface area contributed by atoms with Crippen molar-refractivity contribution in [3.05, 3.63) is 54.1 Å². The third-order valence-electron chi connectivity index (χ3n) is 3.09. The Morgan fingerprint density at radius 1 is 1.04 bits per heavy atom. The Kier molecular flexibility index (Phi) is 5.45. The van der Waals surface area contributed by atoms with Gasteiger partial charge in [0.2, 0.25) is 10.0 Å². The van der Waals surface area contributed by atoms with Crippen molar-refractivity contribution in [2.45, 2.75) is 16.7 Å². The largest absolute Gasteiger partial charge is 0.462 e. The van der Waals surface area contributed by atoms with Crippen molar-refractivity contribution in [1.82, 2.24) is 0 Å². The number of nitrogens with one attached hydrogen (secondary N) is 1. The van der Waals surface area contributed by atoms with Gasteiger partial charge in [-0.3, -0.25) is 4.72 Å². The van der Waals surface area contributed by atoms with Gasteiger partial charge in [-0.25, -0.2) is 26.8 Å². The zero-order valence-electron chi connectivity index (χ0n) is 13.2. The van der Waals surface area contributed by atoms with Crippen LogP contribution in [0.5, 0.6) is 0 Å². The van der Waals surface area contributed by atoms with Crippen LogP contribution in [0.2, 0.25) is 0 Å². The van der Waals surface area contributed by atoms with Gasteiger partial charge < -0.3 is 4.74 Å². The molecule has 0 amide bonds. The van der Waals surface area contributed by atoms with Gasteiger partial charge in [0, 0.05) is 0 Å². The normalized spacial score (nSPS) is 11.8. The molecule has 0 aliphatic rings. The van der Waals surface area contributed by atoms with Crippen LogP contribution in [-0.2, 0) is 24.8 Å². The molecule has 0 aliphatic heterocycles. The maximum absolute atomic E-state index is 12.4. The Morgan fingerprint density at radius 3 is 2.24 bits per heavy atom. The molecule has 2 aromatic rings. The number of carbonyl (C=O) groups excluding carboxylic acids is 1. The molecule has 0 aromatic heterocycles. The zero-order chi connectivity index (χ0) is 18.7. The van der Waals surface area contributed by atoms with Crippen LogP contribution in [-0.4, -0.2) is 29.4 Å². The highest BCUT2D eigenvalue weighted by Gasteiger charge is 2.17. The molecule has 2 aromatic carbocycles. The highest BCUT2D eigenvalue weighted by Crippen LogP contribution is 2.19. The van der Waals surface area contributed by atoms with Crippen LogP contribution >= 0.6 is 0 Å². The molecule has 3 N–H and O–H groups in total. The number of hydrogen-bond acceptors (Lipinski definition) is 6. The standard InChI is InChI=1S/C15H16N2O6S2/c1-2-23-15(18)11-6-8-13(9-7-11)25(21,22)17-12-4-3-5-14(10-12)24(16,19)20/h3-10,17H,2H2,1H3,(H2,16,19,20). The smallest absolute Gasteiger partial charge is 0.338 e. The van der Waals surface area contributed by atoms with E-state index in [1.54, 1.807) is 6.92 Å². The third-order valence-corrected chi connectivity index (χ3v) is 5.40. The summed E-state index contributed by atoms with van der Waals surface area (Å²) >= 11 is 0. The zero-order valence-corrected chi connectivity index (χ0v) is 14.8. The number of hydrogen-bond donors (Lipinski definition) is 2. The average Bonchev–Trinajstić information content (AvgIpc) is 2.54. The fraction of sp³-hybridized carbons (Fsp3) is 0.133. The maximum Gasteiger partial charge on any atom is 0.338 e. The lowest BCUT2D eigenvalue weighted by atomic mass is 10.2. The molecule has 2 rings (SSSR count). The van der Waals surface area contributed by atoms with E-state index in [-0.39, 0.29) is 27.6 Å². The number of sulfonamides is 2. The van der Waals surface area contributed by atoms with Gasteiger partial charge in [0.05, 0.1) is 27.6 Å². The highest BCUT2D eigenvalue weighted by molar-refractivity contribution is 7.92. The molecular weight excluding hydrogens is 368 g/mol. The third kappa shape index (κ3) is 4.78. The van der Waals surface area contributed by atoms with Gasteiger partial charge in [-0.15, -0.1) is 0 Å². The Bertz CT molecular complexity index is 983. The van der Waals surface area contributed by atoms with Crippen molar-refractivity contribution in [2.24, 2.45) is 5.14 Å². The lowest BCUT2D eigenvalue weighted by Gasteiger charge is -2.09. The molecule has 10 heteroatoms. The van der Waals surface area contributed by atoms with E-state index in [2.05, 4.69) is 4.72 Å². The number of rotatable bonds is 6. The summed E-state index contributed by atoms with van der Waals surface area (Å²) in [4.78, 5) is 11.3. The second-order valence-electron chi connectivity index (χ2n) is 4.92. The number of ether oxygens (including phenoxy) is 1. The van der Waals surface area contributed by atoms with E-state index in [0.29, 0.717) is 0 Å². The first-order valence-corrected chi connectivity index (χ1v) is 10.1. The fourth-order valence-corrected chi connectivity index (χ4v) is 3.54. The molecule has 8 nitrogen and oxygen atoms in total. The minimum Gasteiger partial charge on any atom is -0.462 e. The first-order valence-electron chi connectivity index (χ1n) is 7.06. The predicted molar refractivity (Wildman–Crippen MR) is 91.0 cm³/mol. The molecule has 0 heterocycles. The van der Waals surface area contributed by atoms with Crippen molar-refractivity contribution in [3.63, 3.8) is 0 Å². The van der Waals surface area contributed by atoms with E-state index in [1.807, 2.05) is 0 Å². The molecule has 0 radical (unpaired) electrons. The van der Waals surface area contributed by atoms with E-state index >= 15 is 0 Å². The van der Waals surface area contributed by atoms with Crippen molar-refractivity contribution >= 4 is 31.7 Å². The molecule has 0 atom stereocenters. The Hall–Kier alpha value is -2.43. The highest BCUT2D eigenvalue weighted by atomic mass is 32.2. The summed E-state index contributed by atoms with van der Waals surface area (Å²) in [7, 11) is -7.92. The van der Waals surface area contributed by atoms with Crippen LogP contribution in [0.15, 0.2) is 58.3 Å². The second-order valence-corrected chi connectivity index (χ2v) is 8.17. The minimum absolute atomic E-state index is 0.0426. The molecule has 134 valence electrons. The molecule has 0 unspecified atom stereocenters. The number of esters is 1. The Balaban J connectivity index is 2.26. The molecule has 25 heavy (non-hydrogen) atoms. The first kappa shape index (κ1) is 18.9. The first-order chi connectivity index (χ1) is 11.6. The summed E-state index contributed by atoms with van der Waals surface area (Å²) in [6.45, 7) is 1.87. The van der Waals surface area contributed by atoms with Gasteiger partial charge in [-0.05, 0) is 49.4 Å². The molecule has 0 aliphatic carbocycles. The quantitative estimate of drug-likeness (QED) is 0.722. The van der Waals surface area contributed by atoms with Crippen LogP contribution in [0.1, 0.15) is 17.3 Å². The van der Waals surface area contributed by atoms with Crippen LogP contribution < -0.4 is 9.86 Å². The van der Waals surface area contributed by atoms with E-state index in [4.69, 9.17) is 9.88 Å². The molecular formula is C15H16N2O6S2. The average molecular weight is 384 g/mol. The summed E-state index contributed by atoms with van der Waals surface area (Å²) in [5.41, 5.74) is 0.262. The van der Waals surface area contributed by atoms with E-state index in [1.165, 1.54) is 42.5 Å². The minimum atomic E-state index is -3.97. The summed E-state index contributed by atoms with van der Waals surface area (Å²) in [6.07, 6.45) is 0. The van der Waals surface area contributed by atoms with E-state index in [0.717, 1.165) is 6.07 Å². The molecule has 0 bridgehead atoms. The van der Waals surface area contributed by atoms with Crippen LogP contribution in [0.25, 0.3) is 0 Å². The lowest BCUT2D eigenvalue weighted by Crippen LogP contribution is -2.15. The van der Waals surface area contributed by atoms with Crippen molar-refractivity contribution in [2.75, 3.05) is 11.3 Å².